The highest BCUT2D eigenvalue weighted by molar-refractivity contribution is 7.86. The van der Waals surface area contributed by atoms with E-state index in [1.165, 1.54) is 8.61 Å². The lowest BCUT2D eigenvalue weighted by Crippen LogP contribution is -2.51. The van der Waals surface area contributed by atoms with Gasteiger partial charge in [0.05, 0.1) is 6.61 Å². The van der Waals surface area contributed by atoms with Gasteiger partial charge in [-0.15, -0.1) is 0 Å². The van der Waals surface area contributed by atoms with Gasteiger partial charge >= 0.3 is 0 Å². The molecule has 6 heteroatoms. The van der Waals surface area contributed by atoms with Crippen LogP contribution in [-0.4, -0.2) is 54.9 Å². The van der Waals surface area contributed by atoms with Gasteiger partial charge in [-0.25, -0.2) is 0 Å². The zero-order valence-corrected chi connectivity index (χ0v) is 11.8. The summed E-state index contributed by atoms with van der Waals surface area (Å²) < 4.78 is 27.5. The molecule has 0 bridgehead atoms. The predicted octanol–water partition coefficient (Wildman–Crippen LogP) is 0.666. The minimum absolute atomic E-state index is 0.0885. The van der Waals surface area contributed by atoms with E-state index in [0.717, 1.165) is 19.3 Å². The van der Waals surface area contributed by atoms with Crippen molar-refractivity contribution >= 4 is 10.2 Å². The minimum atomic E-state index is -3.41. The van der Waals surface area contributed by atoms with E-state index < -0.39 is 10.2 Å². The lowest BCUT2D eigenvalue weighted by molar-refractivity contribution is 0.148. The Morgan fingerprint density at radius 1 is 1.41 bits per heavy atom. The number of hydrogen-bond acceptors (Lipinski definition) is 3. The second-order valence-electron chi connectivity index (χ2n) is 5.13. The van der Waals surface area contributed by atoms with Crippen LogP contribution >= 0.6 is 0 Å². The molecule has 0 aromatic carbocycles. The van der Waals surface area contributed by atoms with Crippen LogP contribution in [0.15, 0.2) is 0 Å². The molecule has 1 saturated heterocycles. The molecule has 1 rings (SSSR count). The standard InChI is InChI=1S/C11H24N2O3S/c1-10(2)8-12(3)17(15,16)13-7-5-4-6-11(13)9-14/h10-11,14H,4-9H2,1-3H3. The predicted molar refractivity (Wildman–Crippen MR) is 67.8 cm³/mol. The summed E-state index contributed by atoms with van der Waals surface area (Å²) in [6, 6.07) is -0.247. The molecular formula is C11H24N2O3S. The SMILES string of the molecule is CC(C)CN(C)S(=O)(=O)N1CCCCC1CO. The smallest absolute Gasteiger partial charge is 0.282 e. The number of piperidine rings is 1. The summed E-state index contributed by atoms with van der Waals surface area (Å²) in [6.45, 7) is 4.93. The average molecular weight is 264 g/mol. The molecule has 0 spiro atoms. The first kappa shape index (κ1) is 14.9. The Kier molecular flexibility index (Phi) is 5.37. The number of hydrogen-bond donors (Lipinski definition) is 1. The first-order valence-corrected chi connectivity index (χ1v) is 7.63. The summed E-state index contributed by atoms with van der Waals surface area (Å²) in [6.07, 6.45) is 2.63. The van der Waals surface area contributed by atoms with Gasteiger partial charge in [-0.2, -0.15) is 17.0 Å². The van der Waals surface area contributed by atoms with Gasteiger partial charge in [-0.3, -0.25) is 0 Å². The van der Waals surface area contributed by atoms with E-state index in [1.54, 1.807) is 7.05 Å². The molecule has 0 amide bonds. The van der Waals surface area contributed by atoms with Crippen LogP contribution < -0.4 is 0 Å². The Morgan fingerprint density at radius 3 is 2.59 bits per heavy atom. The Balaban J connectivity index is 2.80. The van der Waals surface area contributed by atoms with Gasteiger partial charge in [-0.1, -0.05) is 20.3 Å². The lowest BCUT2D eigenvalue weighted by Gasteiger charge is -2.36. The summed E-state index contributed by atoms with van der Waals surface area (Å²) in [7, 11) is -1.80. The summed E-state index contributed by atoms with van der Waals surface area (Å²) in [5, 5.41) is 9.26. The molecule has 1 N–H and O–H groups in total. The molecular weight excluding hydrogens is 240 g/mol. The van der Waals surface area contributed by atoms with E-state index in [2.05, 4.69) is 0 Å². The van der Waals surface area contributed by atoms with Crippen molar-refractivity contribution in [2.45, 2.75) is 39.2 Å². The van der Waals surface area contributed by atoms with E-state index in [4.69, 9.17) is 0 Å². The van der Waals surface area contributed by atoms with Gasteiger partial charge < -0.3 is 5.11 Å². The van der Waals surface area contributed by atoms with Crippen molar-refractivity contribution in [3.05, 3.63) is 0 Å². The van der Waals surface area contributed by atoms with E-state index in [9.17, 15) is 13.5 Å². The van der Waals surface area contributed by atoms with Crippen molar-refractivity contribution in [3.63, 3.8) is 0 Å². The quantitative estimate of drug-likeness (QED) is 0.794. The van der Waals surface area contributed by atoms with Crippen LogP contribution in [0, 0.1) is 5.92 Å². The van der Waals surface area contributed by atoms with Gasteiger partial charge in [-0.05, 0) is 18.8 Å². The fourth-order valence-electron chi connectivity index (χ4n) is 2.25. The van der Waals surface area contributed by atoms with Crippen LogP contribution in [0.25, 0.3) is 0 Å². The molecule has 1 aliphatic rings. The molecule has 1 unspecified atom stereocenters. The average Bonchev–Trinajstić information content (AvgIpc) is 2.28. The number of nitrogens with zero attached hydrogens (tertiary/aromatic N) is 2. The van der Waals surface area contributed by atoms with Gasteiger partial charge in [0.25, 0.3) is 10.2 Å². The van der Waals surface area contributed by atoms with Crippen LogP contribution in [-0.2, 0) is 10.2 Å². The zero-order valence-electron chi connectivity index (χ0n) is 11.0. The lowest BCUT2D eigenvalue weighted by atomic mass is 10.1. The number of aliphatic hydroxyl groups is 1. The fourth-order valence-corrected chi connectivity index (χ4v) is 4.00. The van der Waals surface area contributed by atoms with Crippen LogP contribution in [0.3, 0.4) is 0 Å². The first-order chi connectivity index (χ1) is 7.89. The number of aliphatic hydroxyl groups excluding tert-OH is 1. The molecule has 1 fully saturated rings. The maximum atomic E-state index is 12.3. The van der Waals surface area contributed by atoms with Crippen molar-refractivity contribution in [2.75, 3.05) is 26.7 Å². The second kappa shape index (κ2) is 6.13. The fraction of sp³-hybridized carbons (Fsp3) is 1.00. The summed E-state index contributed by atoms with van der Waals surface area (Å²) in [4.78, 5) is 0. The maximum Gasteiger partial charge on any atom is 0.282 e. The van der Waals surface area contributed by atoms with Gasteiger partial charge in [0, 0.05) is 26.2 Å². The third kappa shape index (κ3) is 3.64. The molecule has 102 valence electrons. The number of rotatable bonds is 5. The molecule has 17 heavy (non-hydrogen) atoms. The van der Waals surface area contributed by atoms with Crippen molar-refractivity contribution in [1.29, 1.82) is 0 Å². The third-order valence-corrected chi connectivity index (χ3v) is 5.11. The topological polar surface area (TPSA) is 60.9 Å². The van der Waals surface area contributed by atoms with Crippen LogP contribution in [0.4, 0.5) is 0 Å². The maximum absolute atomic E-state index is 12.3. The molecule has 0 radical (unpaired) electrons. The van der Waals surface area contributed by atoms with Gasteiger partial charge in [0.2, 0.25) is 0 Å². The Labute approximate surface area is 105 Å². The monoisotopic (exact) mass is 264 g/mol. The molecule has 1 heterocycles. The van der Waals surface area contributed by atoms with Gasteiger partial charge in [0.1, 0.15) is 0 Å². The van der Waals surface area contributed by atoms with Crippen LogP contribution in [0.5, 0.6) is 0 Å². The minimum Gasteiger partial charge on any atom is -0.395 e. The van der Waals surface area contributed by atoms with Crippen molar-refractivity contribution in [2.24, 2.45) is 5.92 Å². The van der Waals surface area contributed by atoms with Crippen molar-refractivity contribution in [1.82, 2.24) is 8.61 Å². The molecule has 1 atom stereocenters. The molecule has 1 aliphatic heterocycles. The second-order valence-corrected chi connectivity index (χ2v) is 7.11. The molecule has 0 saturated carbocycles. The van der Waals surface area contributed by atoms with Crippen LogP contribution in [0.1, 0.15) is 33.1 Å². The Bertz CT molecular complexity index is 330. The third-order valence-electron chi connectivity index (χ3n) is 3.10. The largest absolute Gasteiger partial charge is 0.395 e. The highest BCUT2D eigenvalue weighted by atomic mass is 32.2. The van der Waals surface area contributed by atoms with Crippen LogP contribution in [0.2, 0.25) is 0 Å². The van der Waals surface area contributed by atoms with Crippen molar-refractivity contribution < 1.29 is 13.5 Å². The zero-order chi connectivity index (χ0) is 13.1. The molecule has 5 nitrogen and oxygen atoms in total. The summed E-state index contributed by atoms with van der Waals surface area (Å²) in [5.41, 5.74) is 0. The molecule has 0 aliphatic carbocycles. The summed E-state index contributed by atoms with van der Waals surface area (Å²) in [5.74, 6) is 0.298. The van der Waals surface area contributed by atoms with Gasteiger partial charge in [0.15, 0.2) is 0 Å². The van der Waals surface area contributed by atoms with E-state index >= 15 is 0 Å². The summed E-state index contributed by atoms with van der Waals surface area (Å²) >= 11 is 0. The first-order valence-electron chi connectivity index (χ1n) is 6.23. The Morgan fingerprint density at radius 2 is 2.06 bits per heavy atom. The van der Waals surface area contributed by atoms with E-state index in [0.29, 0.717) is 19.0 Å². The Hall–Kier alpha value is -0.170. The van der Waals surface area contributed by atoms with E-state index in [-0.39, 0.29) is 12.6 Å². The van der Waals surface area contributed by atoms with Crippen molar-refractivity contribution in [3.8, 4) is 0 Å². The van der Waals surface area contributed by atoms with E-state index in [1.807, 2.05) is 13.8 Å². The highest BCUT2D eigenvalue weighted by Gasteiger charge is 2.34. The molecule has 0 aromatic heterocycles. The normalized spacial score (nSPS) is 23.5. The highest BCUT2D eigenvalue weighted by Crippen LogP contribution is 2.22. The molecule has 0 aromatic rings.